The number of ether oxygens (including phenoxy) is 1. The summed E-state index contributed by atoms with van der Waals surface area (Å²) in [5.41, 5.74) is 1.49. The van der Waals surface area contributed by atoms with Gasteiger partial charge >= 0.3 is 5.97 Å². The van der Waals surface area contributed by atoms with Crippen LogP contribution in [0.1, 0.15) is 42.1 Å². The van der Waals surface area contributed by atoms with Crippen LogP contribution in [0.5, 0.6) is 0 Å². The summed E-state index contributed by atoms with van der Waals surface area (Å²) in [6.07, 6.45) is 6.79. The highest BCUT2D eigenvalue weighted by Crippen LogP contribution is 2.16. The highest BCUT2D eigenvalue weighted by molar-refractivity contribution is 5.91. The van der Waals surface area contributed by atoms with E-state index in [0.29, 0.717) is 12.1 Å². The van der Waals surface area contributed by atoms with Gasteiger partial charge in [-0.3, -0.25) is 9.48 Å². The number of benzene rings is 1. The predicted molar refractivity (Wildman–Crippen MR) is 93.1 cm³/mol. The fraction of sp³-hybridized carbons (Fsp3) is 0.421. The number of esters is 1. The van der Waals surface area contributed by atoms with Crippen LogP contribution >= 0.6 is 0 Å². The Hall–Kier alpha value is -2.63. The first-order chi connectivity index (χ1) is 12.1. The molecule has 0 aliphatic carbocycles. The lowest BCUT2D eigenvalue weighted by Crippen LogP contribution is -2.44. The third-order valence-corrected chi connectivity index (χ3v) is 4.54. The number of carbonyl (C=O) groups excluding carboxylic acids is 2. The van der Waals surface area contributed by atoms with Crippen molar-refractivity contribution in [2.24, 2.45) is 0 Å². The Morgan fingerprint density at radius 3 is 2.72 bits per heavy atom. The van der Waals surface area contributed by atoms with E-state index in [2.05, 4.69) is 5.10 Å². The maximum Gasteiger partial charge on any atom is 0.338 e. The first-order valence-electron chi connectivity index (χ1n) is 8.66. The van der Waals surface area contributed by atoms with Crippen LogP contribution in [0, 0.1) is 0 Å². The maximum atomic E-state index is 12.2. The van der Waals surface area contributed by atoms with Crippen LogP contribution in [0.25, 0.3) is 0 Å². The predicted octanol–water partition coefficient (Wildman–Crippen LogP) is 2.49. The quantitative estimate of drug-likeness (QED) is 0.784. The van der Waals surface area contributed by atoms with Gasteiger partial charge in [0, 0.05) is 25.0 Å². The van der Waals surface area contributed by atoms with Crippen molar-refractivity contribution in [2.75, 3.05) is 13.2 Å². The minimum absolute atomic E-state index is 0.115. The molecule has 6 nitrogen and oxygen atoms in total. The van der Waals surface area contributed by atoms with Crippen molar-refractivity contribution in [3.8, 4) is 0 Å². The second-order valence-corrected chi connectivity index (χ2v) is 6.41. The van der Waals surface area contributed by atoms with Crippen LogP contribution in [-0.2, 0) is 16.1 Å². The largest absolute Gasteiger partial charge is 0.452 e. The van der Waals surface area contributed by atoms with Crippen molar-refractivity contribution in [1.82, 2.24) is 14.7 Å². The molecule has 1 aliphatic heterocycles. The van der Waals surface area contributed by atoms with E-state index in [1.54, 1.807) is 18.3 Å². The van der Waals surface area contributed by atoms with E-state index in [4.69, 9.17) is 4.74 Å². The van der Waals surface area contributed by atoms with Crippen molar-refractivity contribution < 1.29 is 14.3 Å². The first-order valence-corrected chi connectivity index (χ1v) is 8.66. The van der Waals surface area contributed by atoms with Gasteiger partial charge in [-0.25, -0.2) is 4.79 Å². The minimum Gasteiger partial charge on any atom is -0.452 e. The van der Waals surface area contributed by atoms with Crippen molar-refractivity contribution in [1.29, 1.82) is 0 Å². The smallest absolute Gasteiger partial charge is 0.338 e. The van der Waals surface area contributed by atoms with Crippen LogP contribution in [0.15, 0.2) is 42.7 Å². The summed E-state index contributed by atoms with van der Waals surface area (Å²) >= 11 is 0. The zero-order chi connectivity index (χ0) is 17.6. The van der Waals surface area contributed by atoms with Gasteiger partial charge in [0.05, 0.1) is 12.1 Å². The summed E-state index contributed by atoms with van der Waals surface area (Å²) in [7, 11) is 0. The van der Waals surface area contributed by atoms with Gasteiger partial charge in [-0.1, -0.05) is 12.1 Å². The summed E-state index contributed by atoms with van der Waals surface area (Å²) in [6.45, 7) is 3.24. The Morgan fingerprint density at radius 1 is 1.24 bits per heavy atom. The molecule has 0 spiro atoms. The molecule has 0 bridgehead atoms. The highest BCUT2D eigenvalue weighted by Gasteiger charge is 2.24. The monoisotopic (exact) mass is 341 g/mol. The molecule has 1 aromatic heterocycles. The third kappa shape index (κ3) is 4.47. The number of piperidine rings is 1. The van der Waals surface area contributed by atoms with E-state index in [0.717, 1.165) is 31.4 Å². The zero-order valence-corrected chi connectivity index (χ0v) is 14.4. The topological polar surface area (TPSA) is 64.4 Å². The lowest BCUT2D eigenvalue weighted by Gasteiger charge is -2.33. The van der Waals surface area contributed by atoms with Gasteiger partial charge in [-0.05, 0) is 49.9 Å². The van der Waals surface area contributed by atoms with Crippen LogP contribution in [-0.4, -0.2) is 45.8 Å². The number of carbonyl (C=O) groups is 2. The lowest BCUT2D eigenvalue weighted by molar-refractivity contribution is -0.137. The Kier molecular flexibility index (Phi) is 5.48. The van der Waals surface area contributed by atoms with Crippen LogP contribution < -0.4 is 0 Å². The molecular formula is C19H23N3O3. The number of nitrogens with zero attached hydrogens (tertiary/aromatic N) is 3. The van der Waals surface area contributed by atoms with Crippen molar-refractivity contribution >= 4 is 11.9 Å². The molecule has 1 aromatic carbocycles. The molecule has 0 radical (unpaired) electrons. The lowest BCUT2D eigenvalue weighted by atomic mass is 10.0. The molecule has 1 amide bonds. The molecule has 2 aromatic rings. The van der Waals surface area contributed by atoms with E-state index in [1.807, 2.05) is 40.9 Å². The van der Waals surface area contributed by atoms with E-state index in [-0.39, 0.29) is 18.6 Å². The molecule has 0 unspecified atom stereocenters. The molecule has 0 saturated carbocycles. The first kappa shape index (κ1) is 17.2. The Balaban J connectivity index is 1.51. The van der Waals surface area contributed by atoms with E-state index >= 15 is 0 Å². The normalized spacial score (nSPS) is 17.3. The van der Waals surface area contributed by atoms with Gasteiger partial charge in [0.1, 0.15) is 0 Å². The number of aromatic nitrogens is 2. The maximum absolute atomic E-state index is 12.2. The molecule has 2 heterocycles. The molecule has 0 N–H and O–H groups in total. The molecule has 1 fully saturated rings. The molecule has 132 valence electrons. The molecule has 25 heavy (non-hydrogen) atoms. The number of hydrogen-bond donors (Lipinski definition) is 0. The molecule has 3 rings (SSSR count). The molecule has 1 saturated heterocycles. The van der Waals surface area contributed by atoms with Gasteiger partial charge in [0.25, 0.3) is 5.91 Å². The number of amides is 1. The van der Waals surface area contributed by atoms with Gasteiger partial charge in [0.15, 0.2) is 6.61 Å². The number of rotatable bonds is 5. The summed E-state index contributed by atoms with van der Waals surface area (Å²) in [4.78, 5) is 26.2. The summed E-state index contributed by atoms with van der Waals surface area (Å²) in [5, 5.41) is 4.15. The Morgan fingerprint density at radius 2 is 2.04 bits per heavy atom. The molecular weight excluding hydrogens is 318 g/mol. The molecule has 1 atom stereocenters. The highest BCUT2D eigenvalue weighted by atomic mass is 16.5. The molecule has 6 heteroatoms. The van der Waals surface area contributed by atoms with Crippen LogP contribution in [0.3, 0.4) is 0 Å². The summed E-state index contributed by atoms with van der Waals surface area (Å²) < 4.78 is 7.00. The van der Waals surface area contributed by atoms with Crippen molar-refractivity contribution in [3.63, 3.8) is 0 Å². The fourth-order valence-electron chi connectivity index (χ4n) is 3.09. The van der Waals surface area contributed by atoms with Crippen LogP contribution in [0.4, 0.5) is 0 Å². The Labute approximate surface area is 147 Å². The number of likely N-dealkylation sites (tertiary alicyclic amines) is 1. The van der Waals surface area contributed by atoms with E-state index in [1.165, 1.54) is 0 Å². The average Bonchev–Trinajstić information content (AvgIpc) is 3.13. The second kappa shape index (κ2) is 7.96. The zero-order valence-electron chi connectivity index (χ0n) is 14.4. The van der Waals surface area contributed by atoms with Gasteiger partial charge in [-0.15, -0.1) is 0 Å². The molecule has 1 aliphatic rings. The third-order valence-electron chi connectivity index (χ3n) is 4.54. The minimum atomic E-state index is -0.469. The summed E-state index contributed by atoms with van der Waals surface area (Å²) in [6, 6.07) is 9.26. The fourth-order valence-corrected chi connectivity index (χ4v) is 3.09. The van der Waals surface area contributed by atoms with Gasteiger partial charge in [-0.2, -0.15) is 5.10 Å². The van der Waals surface area contributed by atoms with E-state index in [9.17, 15) is 9.59 Å². The van der Waals surface area contributed by atoms with Crippen molar-refractivity contribution in [3.05, 3.63) is 53.9 Å². The van der Waals surface area contributed by atoms with Crippen molar-refractivity contribution in [2.45, 2.75) is 38.8 Å². The van der Waals surface area contributed by atoms with Crippen LogP contribution in [0.2, 0.25) is 0 Å². The van der Waals surface area contributed by atoms with Gasteiger partial charge < -0.3 is 9.64 Å². The van der Waals surface area contributed by atoms with Gasteiger partial charge in [0.2, 0.25) is 0 Å². The van der Waals surface area contributed by atoms with E-state index < -0.39 is 5.97 Å². The SMILES string of the molecule is C[C@H]1CCCCN1C(=O)COC(=O)c1ccc(Cn2cccn2)cc1. The number of hydrogen-bond acceptors (Lipinski definition) is 4. The second-order valence-electron chi connectivity index (χ2n) is 6.41. The standard InChI is InChI=1S/C19H23N3O3/c1-15-5-2-3-12-22(15)18(23)14-25-19(24)17-8-6-16(7-9-17)13-21-11-4-10-20-21/h4,6-11,15H,2-3,5,12-14H2,1H3/t15-/m0/s1. The Bertz CT molecular complexity index is 710. The summed E-state index contributed by atoms with van der Waals surface area (Å²) in [5.74, 6) is -0.584. The average molecular weight is 341 g/mol.